The van der Waals surface area contributed by atoms with Crippen molar-refractivity contribution in [3.05, 3.63) is 65.5 Å². The zero-order chi connectivity index (χ0) is 19.2. The standard InChI is InChI=1S/C20H18FNO5/c1-13(15-6-8-17-18(10-15)27-12-26-17)22-19(23)11-25-20(24)9-7-14-4-2-3-5-16(14)21/h2-10,13H,11-12H2,1H3,(H,22,23)/b9-7+/t13-/m1/s1. The smallest absolute Gasteiger partial charge is 0.331 e. The Morgan fingerprint density at radius 3 is 2.81 bits per heavy atom. The minimum atomic E-state index is -0.732. The fourth-order valence-electron chi connectivity index (χ4n) is 2.50. The first-order valence-corrected chi connectivity index (χ1v) is 8.31. The molecule has 0 radical (unpaired) electrons. The van der Waals surface area contributed by atoms with Crippen LogP contribution in [0.4, 0.5) is 4.39 Å². The molecule has 0 unspecified atom stereocenters. The first-order chi connectivity index (χ1) is 13.0. The van der Waals surface area contributed by atoms with Gasteiger partial charge in [0.25, 0.3) is 5.91 Å². The molecule has 0 aromatic heterocycles. The second kappa shape index (κ2) is 8.35. The van der Waals surface area contributed by atoms with Crippen molar-refractivity contribution in [2.45, 2.75) is 13.0 Å². The van der Waals surface area contributed by atoms with Crippen LogP contribution in [0.2, 0.25) is 0 Å². The minimum absolute atomic E-state index is 0.176. The fourth-order valence-corrected chi connectivity index (χ4v) is 2.50. The fraction of sp³-hybridized carbons (Fsp3) is 0.200. The molecule has 3 rings (SSSR count). The van der Waals surface area contributed by atoms with Gasteiger partial charge in [-0.1, -0.05) is 24.3 Å². The number of halogens is 1. The van der Waals surface area contributed by atoms with E-state index in [9.17, 15) is 14.0 Å². The third-order valence-electron chi connectivity index (χ3n) is 3.92. The Balaban J connectivity index is 1.47. The summed E-state index contributed by atoms with van der Waals surface area (Å²) in [6.45, 7) is 1.54. The minimum Gasteiger partial charge on any atom is -0.454 e. The molecule has 0 spiro atoms. The molecule has 0 fully saturated rings. The Morgan fingerprint density at radius 2 is 2.00 bits per heavy atom. The number of carbonyl (C=O) groups is 2. The Hall–Kier alpha value is -3.35. The number of hydrogen-bond donors (Lipinski definition) is 1. The predicted molar refractivity (Wildman–Crippen MR) is 95.5 cm³/mol. The van der Waals surface area contributed by atoms with Crippen molar-refractivity contribution < 1.29 is 28.2 Å². The lowest BCUT2D eigenvalue weighted by atomic mass is 10.1. The molecule has 0 saturated heterocycles. The van der Waals surface area contributed by atoms with Crippen LogP contribution in [-0.4, -0.2) is 25.3 Å². The summed E-state index contributed by atoms with van der Waals surface area (Å²) in [5, 5.41) is 2.73. The van der Waals surface area contributed by atoms with Crippen LogP contribution in [0.5, 0.6) is 11.5 Å². The van der Waals surface area contributed by atoms with Crippen molar-refractivity contribution in [2.24, 2.45) is 0 Å². The second-order valence-electron chi connectivity index (χ2n) is 5.86. The molecule has 0 saturated carbocycles. The van der Waals surface area contributed by atoms with Crippen LogP contribution in [0.3, 0.4) is 0 Å². The number of nitrogens with one attached hydrogen (secondary N) is 1. The number of amides is 1. The molecule has 6 nitrogen and oxygen atoms in total. The normalized spacial score (nSPS) is 13.4. The van der Waals surface area contributed by atoms with Gasteiger partial charge < -0.3 is 19.5 Å². The zero-order valence-corrected chi connectivity index (χ0v) is 14.6. The second-order valence-corrected chi connectivity index (χ2v) is 5.86. The van der Waals surface area contributed by atoms with Crippen molar-refractivity contribution in [2.75, 3.05) is 13.4 Å². The Bertz CT molecular complexity index is 880. The van der Waals surface area contributed by atoms with Crippen molar-refractivity contribution in [1.29, 1.82) is 0 Å². The van der Waals surface area contributed by atoms with E-state index in [1.54, 1.807) is 31.2 Å². The summed E-state index contributed by atoms with van der Waals surface area (Å²) < 4.78 is 28.9. The first-order valence-electron chi connectivity index (χ1n) is 8.31. The molecule has 0 bridgehead atoms. The van der Waals surface area contributed by atoms with Gasteiger partial charge in [0.15, 0.2) is 18.1 Å². The lowest BCUT2D eigenvalue weighted by molar-refractivity contribution is -0.144. The van der Waals surface area contributed by atoms with Crippen LogP contribution >= 0.6 is 0 Å². The highest BCUT2D eigenvalue weighted by atomic mass is 19.1. The predicted octanol–water partition coefficient (Wildman–Crippen LogP) is 2.99. The van der Waals surface area contributed by atoms with Gasteiger partial charge in [0.05, 0.1) is 6.04 Å². The maximum absolute atomic E-state index is 13.5. The Labute approximate surface area is 155 Å². The van der Waals surface area contributed by atoms with E-state index in [2.05, 4.69) is 5.32 Å². The SMILES string of the molecule is C[C@@H](NC(=O)COC(=O)/C=C/c1ccccc1F)c1ccc2c(c1)OCO2. The molecule has 1 atom stereocenters. The van der Waals surface area contributed by atoms with Crippen molar-refractivity contribution >= 4 is 18.0 Å². The van der Waals surface area contributed by atoms with Crippen molar-refractivity contribution in [3.63, 3.8) is 0 Å². The van der Waals surface area contributed by atoms with E-state index in [0.29, 0.717) is 11.5 Å². The number of hydrogen-bond acceptors (Lipinski definition) is 5. The molecule has 2 aromatic carbocycles. The molecular weight excluding hydrogens is 353 g/mol. The third kappa shape index (κ3) is 4.84. The van der Waals surface area contributed by atoms with Crippen LogP contribution in [-0.2, 0) is 14.3 Å². The molecule has 1 N–H and O–H groups in total. The molecule has 1 aliphatic rings. The maximum Gasteiger partial charge on any atom is 0.331 e. The summed E-state index contributed by atoms with van der Waals surface area (Å²) in [6.07, 6.45) is 2.37. The molecule has 1 aliphatic heterocycles. The summed E-state index contributed by atoms with van der Waals surface area (Å²) in [5.74, 6) is -0.347. The van der Waals surface area contributed by atoms with Crippen molar-refractivity contribution in [3.8, 4) is 11.5 Å². The van der Waals surface area contributed by atoms with Crippen LogP contribution in [0, 0.1) is 5.82 Å². The summed E-state index contributed by atoms with van der Waals surface area (Å²) in [6, 6.07) is 11.1. The molecule has 140 valence electrons. The Kier molecular flexibility index (Phi) is 5.71. The summed E-state index contributed by atoms with van der Waals surface area (Å²) >= 11 is 0. The topological polar surface area (TPSA) is 73.9 Å². The van der Waals surface area contributed by atoms with E-state index in [0.717, 1.165) is 11.6 Å². The molecule has 1 heterocycles. The lowest BCUT2D eigenvalue weighted by Crippen LogP contribution is -2.30. The average molecular weight is 371 g/mol. The van der Waals surface area contributed by atoms with Gasteiger partial charge in [-0.15, -0.1) is 0 Å². The maximum atomic E-state index is 13.5. The number of esters is 1. The van der Waals surface area contributed by atoms with E-state index in [4.69, 9.17) is 14.2 Å². The van der Waals surface area contributed by atoms with Crippen LogP contribution in [0.25, 0.3) is 6.08 Å². The molecule has 7 heteroatoms. The molecule has 1 amide bonds. The molecular formula is C20H18FNO5. The molecule has 2 aromatic rings. The quantitative estimate of drug-likeness (QED) is 0.624. The first kappa shape index (κ1) is 18.4. The van der Waals surface area contributed by atoms with Gasteiger partial charge in [-0.3, -0.25) is 4.79 Å². The van der Waals surface area contributed by atoms with Gasteiger partial charge in [0.1, 0.15) is 5.82 Å². The zero-order valence-electron chi connectivity index (χ0n) is 14.6. The van der Waals surface area contributed by atoms with E-state index >= 15 is 0 Å². The van der Waals surface area contributed by atoms with E-state index in [1.807, 2.05) is 6.07 Å². The van der Waals surface area contributed by atoms with Crippen LogP contribution in [0.1, 0.15) is 24.1 Å². The third-order valence-corrected chi connectivity index (χ3v) is 3.92. The summed E-state index contributed by atoms with van der Waals surface area (Å²) in [5.41, 5.74) is 1.09. The van der Waals surface area contributed by atoms with Crippen LogP contribution < -0.4 is 14.8 Å². The van der Waals surface area contributed by atoms with Gasteiger partial charge >= 0.3 is 5.97 Å². The number of fused-ring (bicyclic) bond motifs is 1. The van der Waals surface area contributed by atoms with Crippen molar-refractivity contribution in [1.82, 2.24) is 5.32 Å². The van der Waals surface area contributed by atoms with E-state index < -0.39 is 24.3 Å². The van der Waals surface area contributed by atoms with Crippen LogP contribution in [0.15, 0.2) is 48.5 Å². The number of rotatable bonds is 6. The van der Waals surface area contributed by atoms with E-state index in [-0.39, 0.29) is 18.4 Å². The van der Waals surface area contributed by atoms with Gasteiger partial charge in [-0.05, 0) is 36.8 Å². The largest absolute Gasteiger partial charge is 0.454 e. The van der Waals surface area contributed by atoms with Gasteiger partial charge in [0.2, 0.25) is 6.79 Å². The lowest BCUT2D eigenvalue weighted by Gasteiger charge is -2.14. The number of benzene rings is 2. The van der Waals surface area contributed by atoms with E-state index in [1.165, 1.54) is 18.2 Å². The number of ether oxygens (including phenoxy) is 3. The average Bonchev–Trinajstić information content (AvgIpc) is 3.13. The van der Waals surface area contributed by atoms with Gasteiger partial charge in [0, 0.05) is 11.6 Å². The summed E-state index contributed by atoms with van der Waals surface area (Å²) in [7, 11) is 0. The van der Waals surface area contributed by atoms with Gasteiger partial charge in [-0.25, -0.2) is 9.18 Å². The number of carbonyl (C=O) groups excluding carboxylic acids is 2. The van der Waals surface area contributed by atoms with Gasteiger partial charge in [-0.2, -0.15) is 0 Å². The highest BCUT2D eigenvalue weighted by molar-refractivity contribution is 5.89. The Morgan fingerprint density at radius 1 is 1.22 bits per heavy atom. The molecule has 0 aliphatic carbocycles. The highest BCUT2D eigenvalue weighted by Crippen LogP contribution is 2.34. The highest BCUT2D eigenvalue weighted by Gasteiger charge is 2.17. The molecule has 27 heavy (non-hydrogen) atoms. The summed E-state index contributed by atoms with van der Waals surface area (Å²) in [4.78, 5) is 23.6. The monoisotopic (exact) mass is 371 g/mol.